The van der Waals surface area contributed by atoms with Gasteiger partial charge in [0, 0.05) is 18.2 Å². The fourth-order valence-electron chi connectivity index (χ4n) is 4.04. The van der Waals surface area contributed by atoms with Crippen molar-refractivity contribution in [1.82, 2.24) is 28.9 Å². The number of benzene rings is 2. The van der Waals surface area contributed by atoms with Crippen LogP contribution in [0.2, 0.25) is 0 Å². The fourth-order valence-corrected chi connectivity index (χ4v) is 4.74. The number of thioether (sulfide) groups is 1. The Hall–Kier alpha value is -4.20. The molecule has 0 bridgehead atoms. The Bertz CT molecular complexity index is 1730. The molecule has 222 valence electrons. The fraction of sp³-hybridized carbons (Fsp3) is 0.357. The summed E-state index contributed by atoms with van der Waals surface area (Å²) in [6, 6.07) is 8.04. The molecule has 2 aromatic heterocycles. The summed E-state index contributed by atoms with van der Waals surface area (Å²) in [5.74, 6) is -3.38. The molecule has 10 nitrogen and oxygen atoms in total. The zero-order chi connectivity index (χ0) is 30.6. The molecule has 4 aromatic rings. The molecule has 0 fully saturated rings. The maximum atomic E-state index is 14.4. The highest BCUT2D eigenvalue weighted by molar-refractivity contribution is 7.99. The van der Waals surface area contributed by atoms with Gasteiger partial charge in [0.05, 0.1) is 18.7 Å². The third-order valence-electron chi connectivity index (χ3n) is 5.98. The molecular weight excluding hydrogens is 573 g/mol. The van der Waals surface area contributed by atoms with Gasteiger partial charge in [0.25, 0.3) is 0 Å². The second-order valence-corrected chi connectivity index (χ2v) is 11.5. The lowest BCUT2D eigenvalue weighted by molar-refractivity contribution is 0.00693. The molecule has 0 radical (unpaired) electrons. The van der Waals surface area contributed by atoms with E-state index >= 15 is 0 Å². The standard InChI is InChI=1S/C28H29F3N6O4S/c1-5-42-26-34-25(39)35(27(40)36(26)14-19-12-21(30)22(31)13-20(19)29)15-23-32-16-33-37(23)10-9-17-7-6-8-18(11-17)24(38)41-28(2,3)4/h6-8,11-13,16H,5,9-10,14-15H2,1-4H3. The van der Waals surface area contributed by atoms with E-state index in [0.717, 1.165) is 26.5 Å². The molecule has 0 N–H and O–H groups in total. The number of ether oxygens (including phenoxy) is 1. The van der Waals surface area contributed by atoms with Gasteiger partial charge in [0.1, 0.15) is 23.6 Å². The number of halogens is 3. The lowest BCUT2D eigenvalue weighted by Gasteiger charge is -2.19. The summed E-state index contributed by atoms with van der Waals surface area (Å²) in [5.41, 5.74) is -1.35. The number of hydrogen-bond acceptors (Lipinski definition) is 8. The Morgan fingerprint density at radius 3 is 2.45 bits per heavy atom. The molecule has 0 spiro atoms. The average molecular weight is 603 g/mol. The Balaban J connectivity index is 1.58. The Morgan fingerprint density at radius 2 is 1.74 bits per heavy atom. The van der Waals surface area contributed by atoms with Crippen LogP contribution in [-0.4, -0.2) is 46.2 Å². The molecule has 0 atom stereocenters. The number of carbonyl (C=O) groups excluding carboxylic acids is 1. The van der Waals surface area contributed by atoms with Crippen LogP contribution in [0.3, 0.4) is 0 Å². The Morgan fingerprint density at radius 1 is 1.00 bits per heavy atom. The normalized spacial score (nSPS) is 11.6. The second-order valence-electron chi connectivity index (χ2n) is 10.3. The molecule has 4 rings (SSSR count). The van der Waals surface area contributed by atoms with Crippen molar-refractivity contribution in [3.8, 4) is 0 Å². The highest BCUT2D eigenvalue weighted by Gasteiger charge is 2.20. The number of rotatable bonds is 10. The first kappa shape index (κ1) is 30.8. The number of hydrogen-bond donors (Lipinski definition) is 0. The largest absolute Gasteiger partial charge is 0.456 e. The van der Waals surface area contributed by atoms with Crippen molar-refractivity contribution >= 4 is 17.7 Å². The topological polar surface area (TPSA) is 114 Å². The minimum atomic E-state index is -1.36. The lowest BCUT2D eigenvalue weighted by atomic mass is 10.1. The van der Waals surface area contributed by atoms with E-state index in [1.165, 1.54) is 11.0 Å². The monoisotopic (exact) mass is 602 g/mol. The van der Waals surface area contributed by atoms with Crippen LogP contribution in [0.1, 0.15) is 55.0 Å². The smallest absolute Gasteiger partial charge is 0.354 e. The van der Waals surface area contributed by atoms with Crippen LogP contribution in [0.25, 0.3) is 0 Å². The second kappa shape index (κ2) is 12.8. The number of nitrogens with zero attached hydrogens (tertiary/aromatic N) is 6. The van der Waals surface area contributed by atoms with Crippen molar-refractivity contribution in [2.45, 2.75) is 64.5 Å². The molecule has 14 heteroatoms. The molecule has 42 heavy (non-hydrogen) atoms. The van der Waals surface area contributed by atoms with Crippen LogP contribution in [0.15, 0.2) is 57.5 Å². The molecule has 0 unspecified atom stereocenters. The summed E-state index contributed by atoms with van der Waals surface area (Å²) in [5, 5.41) is 4.21. The third kappa shape index (κ3) is 7.35. The first-order chi connectivity index (χ1) is 19.9. The average Bonchev–Trinajstić information content (AvgIpc) is 3.36. The van der Waals surface area contributed by atoms with Crippen LogP contribution in [-0.2, 0) is 30.8 Å². The summed E-state index contributed by atoms with van der Waals surface area (Å²) in [7, 11) is 0. The summed E-state index contributed by atoms with van der Waals surface area (Å²) in [6.07, 6.45) is 1.73. The van der Waals surface area contributed by atoms with Crippen molar-refractivity contribution in [2.75, 3.05) is 5.75 Å². The van der Waals surface area contributed by atoms with Crippen LogP contribution in [0, 0.1) is 17.5 Å². The van der Waals surface area contributed by atoms with Gasteiger partial charge in [0.2, 0.25) is 0 Å². The van der Waals surface area contributed by atoms with Crippen molar-refractivity contribution in [3.63, 3.8) is 0 Å². The van der Waals surface area contributed by atoms with Crippen LogP contribution in [0.5, 0.6) is 0 Å². The Labute approximate surface area is 243 Å². The van der Waals surface area contributed by atoms with Gasteiger partial charge in [-0.25, -0.2) is 41.8 Å². The van der Waals surface area contributed by atoms with Crippen molar-refractivity contribution < 1.29 is 22.7 Å². The molecular formula is C28H29F3N6O4S. The van der Waals surface area contributed by atoms with E-state index in [4.69, 9.17) is 4.74 Å². The van der Waals surface area contributed by atoms with E-state index in [2.05, 4.69) is 15.1 Å². The van der Waals surface area contributed by atoms with Gasteiger partial charge in [-0.2, -0.15) is 10.1 Å². The van der Waals surface area contributed by atoms with Crippen LogP contribution in [0.4, 0.5) is 13.2 Å². The molecule has 2 aromatic carbocycles. The first-order valence-corrected chi connectivity index (χ1v) is 14.0. The van der Waals surface area contributed by atoms with Crippen molar-refractivity contribution in [2.24, 2.45) is 0 Å². The van der Waals surface area contributed by atoms with Gasteiger partial charge in [-0.3, -0.25) is 4.57 Å². The van der Waals surface area contributed by atoms with Gasteiger partial charge in [-0.1, -0.05) is 30.8 Å². The van der Waals surface area contributed by atoms with E-state index in [-0.39, 0.29) is 23.1 Å². The zero-order valence-corrected chi connectivity index (χ0v) is 24.3. The molecule has 0 saturated carbocycles. The predicted molar refractivity (Wildman–Crippen MR) is 149 cm³/mol. The molecule has 0 amide bonds. The zero-order valence-electron chi connectivity index (χ0n) is 23.4. The molecule has 0 aliphatic rings. The van der Waals surface area contributed by atoms with Crippen molar-refractivity contribution in [3.05, 3.63) is 104 Å². The van der Waals surface area contributed by atoms with Crippen molar-refractivity contribution in [1.29, 1.82) is 0 Å². The van der Waals surface area contributed by atoms with E-state index in [1.807, 2.05) is 6.07 Å². The summed E-state index contributed by atoms with van der Waals surface area (Å²) in [6.45, 7) is 6.68. The summed E-state index contributed by atoms with van der Waals surface area (Å²) in [4.78, 5) is 46.9. The minimum Gasteiger partial charge on any atom is -0.456 e. The van der Waals surface area contributed by atoms with Crippen LogP contribution < -0.4 is 11.4 Å². The first-order valence-electron chi connectivity index (χ1n) is 13.0. The third-order valence-corrected chi connectivity index (χ3v) is 6.83. The minimum absolute atomic E-state index is 0.0132. The van der Waals surface area contributed by atoms with E-state index in [1.54, 1.807) is 45.9 Å². The van der Waals surface area contributed by atoms with Gasteiger partial charge in [-0.15, -0.1) is 0 Å². The maximum Gasteiger partial charge on any atom is 0.354 e. The van der Waals surface area contributed by atoms with E-state index in [9.17, 15) is 27.6 Å². The summed E-state index contributed by atoms with van der Waals surface area (Å²) >= 11 is 1.08. The van der Waals surface area contributed by atoms with E-state index < -0.39 is 46.9 Å². The lowest BCUT2D eigenvalue weighted by Crippen LogP contribution is -2.43. The number of aryl methyl sites for hydroxylation is 2. The highest BCUT2D eigenvalue weighted by Crippen LogP contribution is 2.18. The molecule has 2 heterocycles. The number of aromatic nitrogens is 6. The summed E-state index contributed by atoms with van der Waals surface area (Å²) < 4.78 is 50.5. The molecule has 0 aliphatic heterocycles. The highest BCUT2D eigenvalue weighted by atomic mass is 32.2. The maximum absolute atomic E-state index is 14.4. The number of carbonyl (C=O) groups is 1. The van der Waals surface area contributed by atoms with Gasteiger partial charge < -0.3 is 4.74 Å². The Kier molecular flexibility index (Phi) is 9.34. The molecule has 0 aliphatic carbocycles. The quantitative estimate of drug-likeness (QED) is 0.153. The van der Waals surface area contributed by atoms with Gasteiger partial charge >= 0.3 is 17.3 Å². The predicted octanol–water partition coefficient (Wildman–Crippen LogP) is 3.82. The van der Waals surface area contributed by atoms with Crippen LogP contribution >= 0.6 is 11.8 Å². The van der Waals surface area contributed by atoms with Gasteiger partial charge in [-0.05, 0) is 56.7 Å². The van der Waals surface area contributed by atoms with Gasteiger partial charge in [0.15, 0.2) is 16.8 Å². The van der Waals surface area contributed by atoms with E-state index in [0.29, 0.717) is 36.4 Å². The number of esters is 1. The molecule has 0 saturated heterocycles. The SMILES string of the molecule is CCSc1nc(=O)n(Cc2ncnn2CCc2cccc(C(=O)OC(C)(C)C)c2)c(=O)n1Cc1cc(F)c(F)cc1F.